The molecule has 1 aliphatic rings. The lowest BCUT2D eigenvalue weighted by Gasteiger charge is -2.28. The van der Waals surface area contributed by atoms with Crippen molar-refractivity contribution in [2.75, 3.05) is 5.73 Å². The molecule has 3 rings (SSSR count). The second-order valence-corrected chi connectivity index (χ2v) is 4.36. The van der Waals surface area contributed by atoms with Gasteiger partial charge < -0.3 is 10.3 Å². The summed E-state index contributed by atoms with van der Waals surface area (Å²) >= 11 is 0. The molecule has 1 aromatic heterocycles. The molecule has 2 N–H and O–H groups in total. The van der Waals surface area contributed by atoms with Crippen LogP contribution in [0.3, 0.4) is 0 Å². The fourth-order valence-corrected chi connectivity index (χ4v) is 2.34. The molecule has 3 nitrogen and oxygen atoms in total. The average Bonchev–Trinajstić information content (AvgIpc) is 2.40. The minimum Gasteiger partial charge on any atom is -0.399 e. The van der Waals surface area contributed by atoms with E-state index in [1.165, 1.54) is 24.8 Å². The van der Waals surface area contributed by atoms with E-state index in [0.29, 0.717) is 6.04 Å². The minimum atomic E-state index is 0.665. The lowest BCUT2D eigenvalue weighted by Crippen LogP contribution is -2.17. The number of hydrogen-bond acceptors (Lipinski definition) is 2. The fraction of sp³-hybridized carbons (Fsp3) is 0.417. The lowest BCUT2D eigenvalue weighted by molar-refractivity contribution is 0.316. The number of imidazole rings is 1. The van der Waals surface area contributed by atoms with Crippen molar-refractivity contribution in [2.45, 2.75) is 32.2 Å². The molecule has 1 saturated carbocycles. The number of nitrogens with two attached hydrogens (primary N) is 1. The van der Waals surface area contributed by atoms with E-state index in [-0.39, 0.29) is 0 Å². The second kappa shape index (κ2) is 2.99. The Morgan fingerprint density at radius 3 is 2.87 bits per heavy atom. The molecule has 0 aliphatic heterocycles. The molecule has 3 heteroatoms. The third-order valence-electron chi connectivity index (χ3n) is 3.33. The zero-order chi connectivity index (χ0) is 10.4. The molecule has 1 aromatic carbocycles. The Kier molecular flexibility index (Phi) is 1.75. The number of hydrogen-bond donors (Lipinski definition) is 1. The standard InChI is InChI=1S/C12H15N3/c1-8-14-11-7-9(13)5-6-12(11)15(8)10-3-2-4-10/h5-7,10H,2-4,13H2,1H3. The molecule has 0 atom stereocenters. The number of anilines is 1. The highest BCUT2D eigenvalue weighted by molar-refractivity contribution is 5.79. The highest BCUT2D eigenvalue weighted by Crippen LogP contribution is 2.35. The SMILES string of the molecule is Cc1nc2cc(N)ccc2n1C1CCC1. The van der Waals surface area contributed by atoms with E-state index in [1.807, 2.05) is 12.1 Å². The Morgan fingerprint density at radius 2 is 2.20 bits per heavy atom. The van der Waals surface area contributed by atoms with E-state index in [0.717, 1.165) is 17.0 Å². The third kappa shape index (κ3) is 1.23. The van der Waals surface area contributed by atoms with Crippen LogP contribution in [0.15, 0.2) is 18.2 Å². The predicted octanol–water partition coefficient (Wildman–Crippen LogP) is 2.65. The monoisotopic (exact) mass is 201 g/mol. The van der Waals surface area contributed by atoms with Crippen molar-refractivity contribution in [3.8, 4) is 0 Å². The van der Waals surface area contributed by atoms with Crippen molar-refractivity contribution in [1.29, 1.82) is 0 Å². The Labute approximate surface area is 88.9 Å². The Bertz CT molecular complexity index is 509. The lowest BCUT2D eigenvalue weighted by atomic mass is 9.92. The van der Waals surface area contributed by atoms with Gasteiger partial charge in [0.25, 0.3) is 0 Å². The van der Waals surface area contributed by atoms with Crippen molar-refractivity contribution in [3.63, 3.8) is 0 Å². The molecule has 0 spiro atoms. The summed E-state index contributed by atoms with van der Waals surface area (Å²) in [5, 5.41) is 0. The van der Waals surface area contributed by atoms with Gasteiger partial charge in [-0.3, -0.25) is 0 Å². The normalized spacial score (nSPS) is 16.9. The van der Waals surface area contributed by atoms with Crippen LogP contribution in [0.2, 0.25) is 0 Å². The number of benzene rings is 1. The third-order valence-corrected chi connectivity index (χ3v) is 3.33. The number of rotatable bonds is 1. The predicted molar refractivity (Wildman–Crippen MR) is 61.8 cm³/mol. The molecule has 1 fully saturated rings. The van der Waals surface area contributed by atoms with Crippen LogP contribution in [0, 0.1) is 6.92 Å². The van der Waals surface area contributed by atoms with E-state index in [1.54, 1.807) is 0 Å². The van der Waals surface area contributed by atoms with Crippen LogP contribution in [0.5, 0.6) is 0 Å². The maximum Gasteiger partial charge on any atom is 0.106 e. The van der Waals surface area contributed by atoms with Gasteiger partial charge in [0.05, 0.1) is 11.0 Å². The smallest absolute Gasteiger partial charge is 0.106 e. The number of nitrogen functional groups attached to an aromatic ring is 1. The number of fused-ring (bicyclic) bond motifs is 1. The summed E-state index contributed by atoms with van der Waals surface area (Å²) in [4.78, 5) is 4.56. The van der Waals surface area contributed by atoms with E-state index >= 15 is 0 Å². The largest absolute Gasteiger partial charge is 0.399 e. The Balaban J connectivity index is 2.23. The summed E-state index contributed by atoms with van der Waals surface area (Å²) in [5.41, 5.74) is 8.80. The average molecular weight is 201 g/mol. The van der Waals surface area contributed by atoms with E-state index in [9.17, 15) is 0 Å². The summed E-state index contributed by atoms with van der Waals surface area (Å²) in [6.45, 7) is 2.08. The number of aromatic nitrogens is 2. The van der Waals surface area contributed by atoms with Crippen molar-refractivity contribution in [1.82, 2.24) is 9.55 Å². The molecule has 1 aliphatic carbocycles. The molecule has 78 valence electrons. The van der Waals surface area contributed by atoms with Gasteiger partial charge in [-0.2, -0.15) is 0 Å². The van der Waals surface area contributed by atoms with Crippen molar-refractivity contribution >= 4 is 16.7 Å². The van der Waals surface area contributed by atoms with E-state index in [2.05, 4.69) is 22.5 Å². The molecule has 2 aromatic rings. The van der Waals surface area contributed by atoms with Gasteiger partial charge in [-0.05, 0) is 44.4 Å². The highest BCUT2D eigenvalue weighted by atomic mass is 15.1. The summed E-state index contributed by atoms with van der Waals surface area (Å²) in [5.74, 6) is 1.11. The van der Waals surface area contributed by atoms with Gasteiger partial charge in [-0.25, -0.2) is 4.98 Å². The van der Waals surface area contributed by atoms with Crippen molar-refractivity contribution in [3.05, 3.63) is 24.0 Å². The first-order valence-electron chi connectivity index (χ1n) is 5.50. The summed E-state index contributed by atoms with van der Waals surface area (Å²) < 4.78 is 2.36. The topological polar surface area (TPSA) is 43.8 Å². The molecule has 0 saturated heterocycles. The molecule has 0 bridgehead atoms. The van der Waals surface area contributed by atoms with Gasteiger partial charge in [-0.15, -0.1) is 0 Å². The minimum absolute atomic E-state index is 0.665. The first-order chi connectivity index (χ1) is 7.25. The van der Waals surface area contributed by atoms with Crippen LogP contribution in [0.1, 0.15) is 31.1 Å². The van der Waals surface area contributed by atoms with Crippen LogP contribution >= 0.6 is 0 Å². The van der Waals surface area contributed by atoms with Crippen LogP contribution in [-0.4, -0.2) is 9.55 Å². The number of nitrogens with zero attached hydrogens (tertiary/aromatic N) is 2. The first-order valence-corrected chi connectivity index (χ1v) is 5.50. The van der Waals surface area contributed by atoms with Crippen LogP contribution in [0.25, 0.3) is 11.0 Å². The zero-order valence-corrected chi connectivity index (χ0v) is 8.90. The van der Waals surface area contributed by atoms with Crippen molar-refractivity contribution < 1.29 is 0 Å². The van der Waals surface area contributed by atoms with Crippen molar-refractivity contribution in [2.24, 2.45) is 0 Å². The van der Waals surface area contributed by atoms with Gasteiger partial charge in [-0.1, -0.05) is 0 Å². The second-order valence-electron chi connectivity index (χ2n) is 4.36. The van der Waals surface area contributed by atoms with Gasteiger partial charge in [0.2, 0.25) is 0 Å². The Hall–Kier alpha value is -1.51. The maximum atomic E-state index is 5.76. The molecule has 0 radical (unpaired) electrons. The van der Waals surface area contributed by atoms with Crippen LogP contribution < -0.4 is 5.73 Å². The summed E-state index contributed by atoms with van der Waals surface area (Å²) in [6, 6.07) is 6.66. The van der Waals surface area contributed by atoms with Gasteiger partial charge in [0.1, 0.15) is 5.82 Å². The highest BCUT2D eigenvalue weighted by Gasteiger charge is 2.22. The van der Waals surface area contributed by atoms with Crippen LogP contribution in [0.4, 0.5) is 5.69 Å². The molecular weight excluding hydrogens is 186 g/mol. The summed E-state index contributed by atoms with van der Waals surface area (Å²) in [6.07, 6.45) is 3.92. The van der Waals surface area contributed by atoms with Crippen LogP contribution in [-0.2, 0) is 0 Å². The fourth-order valence-electron chi connectivity index (χ4n) is 2.34. The first kappa shape index (κ1) is 8.77. The molecule has 0 unspecified atom stereocenters. The Morgan fingerprint density at radius 1 is 1.40 bits per heavy atom. The molecular formula is C12H15N3. The van der Waals surface area contributed by atoms with E-state index < -0.39 is 0 Å². The quantitative estimate of drug-likeness (QED) is 0.721. The molecule has 15 heavy (non-hydrogen) atoms. The summed E-state index contributed by atoms with van der Waals surface area (Å²) in [7, 11) is 0. The molecule has 1 heterocycles. The van der Waals surface area contributed by atoms with Gasteiger partial charge in [0, 0.05) is 11.7 Å². The van der Waals surface area contributed by atoms with Gasteiger partial charge in [0.15, 0.2) is 0 Å². The maximum absolute atomic E-state index is 5.76. The van der Waals surface area contributed by atoms with E-state index in [4.69, 9.17) is 5.73 Å². The molecule has 0 amide bonds. The zero-order valence-electron chi connectivity index (χ0n) is 8.90. The number of aryl methyl sites for hydroxylation is 1. The van der Waals surface area contributed by atoms with Gasteiger partial charge >= 0.3 is 0 Å².